The van der Waals surface area contributed by atoms with Crippen molar-refractivity contribution in [2.45, 2.75) is 51.8 Å². The minimum Gasteiger partial charge on any atom is -0.472 e. The molecule has 0 radical (unpaired) electrons. The Kier molecular flexibility index (Phi) is 3.59. The third-order valence-corrected chi connectivity index (χ3v) is 2.78. The molecule has 0 bridgehead atoms. The lowest BCUT2D eigenvalue weighted by atomic mass is 10.2. The second-order valence-electron chi connectivity index (χ2n) is 5.45. The van der Waals surface area contributed by atoms with Gasteiger partial charge in [0, 0.05) is 18.7 Å². The number of halogens is 1. The van der Waals surface area contributed by atoms with E-state index < -0.39 is 0 Å². The molecule has 3 nitrogen and oxygen atoms in total. The van der Waals surface area contributed by atoms with Crippen LogP contribution in [0.5, 0.6) is 5.88 Å². The zero-order valence-electron chi connectivity index (χ0n) is 10.6. The van der Waals surface area contributed by atoms with Crippen LogP contribution in [-0.4, -0.2) is 16.6 Å². The monoisotopic (exact) mass is 254 g/mol. The summed E-state index contributed by atoms with van der Waals surface area (Å²) in [7, 11) is 0. The fourth-order valence-electron chi connectivity index (χ4n) is 1.49. The molecule has 2 rings (SSSR count). The van der Waals surface area contributed by atoms with E-state index in [0.717, 1.165) is 5.69 Å². The first-order chi connectivity index (χ1) is 7.94. The molecule has 0 amide bonds. The van der Waals surface area contributed by atoms with Crippen molar-refractivity contribution < 1.29 is 4.74 Å². The van der Waals surface area contributed by atoms with E-state index in [1.807, 2.05) is 32.9 Å². The third kappa shape index (κ3) is 4.17. The minimum atomic E-state index is -0.234. The number of ether oxygens (including phenoxy) is 1. The van der Waals surface area contributed by atoms with Crippen molar-refractivity contribution in [3.63, 3.8) is 0 Å². The molecule has 4 heteroatoms. The molecule has 1 heterocycles. The lowest BCUT2D eigenvalue weighted by Gasteiger charge is -2.20. The molecular weight excluding hydrogens is 236 g/mol. The molecule has 1 saturated carbocycles. The van der Waals surface area contributed by atoms with Crippen LogP contribution >= 0.6 is 11.6 Å². The van der Waals surface area contributed by atoms with E-state index in [2.05, 4.69) is 10.3 Å². The van der Waals surface area contributed by atoms with Crippen molar-refractivity contribution in [2.75, 3.05) is 0 Å². The number of hydrogen-bond acceptors (Lipinski definition) is 3. The Hall–Kier alpha value is -0.800. The van der Waals surface area contributed by atoms with Gasteiger partial charge in [-0.15, -0.1) is 0 Å². The maximum atomic E-state index is 6.11. The quantitative estimate of drug-likeness (QED) is 0.896. The summed E-state index contributed by atoms with van der Waals surface area (Å²) in [6.45, 7) is 6.73. The Bertz CT molecular complexity index is 397. The molecule has 0 aliphatic heterocycles. The van der Waals surface area contributed by atoms with Crippen LogP contribution in [0.2, 0.25) is 5.02 Å². The standard InChI is InChI=1S/C13H19ClN2O/c1-13(2,3)17-12-7-6-10(14)11(16-12)8-15-9-4-5-9/h6-7,9,15H,4-5,8H2,1-3H3. The van der Waals surface area contributed by atoms with Gasteiger partial charge in [0.2, 0.25) is 5.88 Å². The predicted octanol–water partition coefficient (Wildman–Crippen LogP) is 3.16. The van der Waals surface area contributed by atoms with Crippen LogP contribution in [0.1, 0.15) is 39.3 Å². The first-order valence-corrected chi connectivity index (χ1v) is 6.40. The molecule has 1 aromatic heterocycles. The van der Waals surface area contributed by atoms with Gasteiger partial charge < -0.3 is 10.1 Å². The predicted molar refractivity (Wildman–Crippen MR) is 69.5 cm³/mol. The van der Waals surface area contributed by atoms with Gasteiger partial charge in [0.05, 0.1) is 10.7 Å². The molecule has 1 aliphatic rings. The summed E-state index contributed by atoms with van der Waals surface area (Å²) in [6.07, 6.45) is 2.52. The molecule has 1 aliphatic carbocycles. The Balaban J connectivity index is 2.05. The average molecular weight is 255 g/mol. The molecule has 17 heavy (non-hydrogen) atoms. The third-order valence-electron chi connectivity index (χ3n) is 2.44. The molecule has 0 unspecified atom stereocenters. The highest BCUT2D eigenvalue weighted by Gasteiger charge is 2.21. The summed E-state index contributed by atoms with van der Waals surface area (Å²) in [5.74, 6) is 0.634. The molecule has 94 valence electrons. The van der Waals surface area contributed by atoms with Crippen LogP contribution in [0.4, 0.5) is 0 Å². The van der Waals surface area contributed by atoms with Gasteiger partial charge in [-0.1, -0.05) is 11.6 Å². The Morgan fingerprint density at radius 3 is 2.71 bits per heavy atom. The van der Waals surface area contributed by atoms with Crippen molar-refractivity contribution >= 4 is 11.6 Å². The van der Waals surface area contributed by atoms with Crippen molar-refractivity contribution in [1.82, 2.24) is 10.3 Å². The lowest BCUT2D eigenvalue weighted by Crippen LogP contribution is -2.24. The van der Waals surface area contributed by atoms with E-state index in [9.17, 15) is 0 Å². The molecule has 0 atom stereocenters. The van der Waals surface area contributed by atoms with Gasteiger partial charge in [-0.2, -0.15) is 0 Å². The van der Waals surface area contributed by atoms with Gasteiger partial charge in [0.15, 0.2) is 0 Å². The van der Waals surface area contributed by atoms with Crippen LogP contribution in [0.25, 0.3) is 0 Å². The van der Waals surface area contributed by atoms with Crippen molar-refractivity contribution in [1.29, 1.82) is 0 Å². The number of nitrogens with zero attached hydrogens (tertiary/aromatic N) is 1. The topological polar surface area (TPSA) is 34.1 Å². The van der Waals surface area contributed by atoms with Gasteiger partial charge in [-0.3, -0.25) is 0 Å². The molecule has 0 spiro atoms. The van der Waals surface area contributed by atoms with Crippen LogP contribution < -0.4 is 10.1 Å². The van der Waals surface area contributed by atoms with Crippen LogP contribution in [0, 0.1) is 0 Å². The van der Waals surface area contributed by atoms with Gasteiger partial charge in [-0.25, -0.2) is 4.98 Å². The van der Waals surface area contributed by atoms with E-state index in [4.69, 9.17) is 16.3 Å². The van der Waals surface area contributed by atoms with Crippen molar-refractivity contribution in [3.05, 3.63) is 22.8 Å². The highest BCUT2D eigenvalue weighted by Crippen LogP contribution is 2.23. The Morgan fingerprint density at radius 2 is 2.12 bits per heavy atom. The highest BCUT2D eigenvalue weighted by atomic mass is 35.5. The summed E-state index contributed by atoms with van der Waals surface area (Å²) < 4.78 is 5.72. The average Bonchev–Trinajstić information content (AvgIpc) is 3.00. The Morgan fingerprint density at radius 1 is 1.41 bits per heavy atom. The lowest BCUT2D eigenvalue weighted by molar-refractivity contribution is 0.124. The number of hydrogen-bond donors (Lipinski definition) is 1. The number of pyridine rings is 1. The maximum absolute atomic E-state index is 6.11. The van der Waals surface area contributed by atoms with Crippen LogP contribution in [0.15, 0.2) is 12.1 Å². The summed E-state index contributed by atoms with van der Waals surface area (Å²) in [5, 5.41) is 4.10. The van der Waals surface area contributed by atoms with Gasteiger partial charge in [-0.05, 0) is 39.7 Å². The summed E-state index contributed by atoms with van der Waals surface area (Å²) in [5.41, 5.74) is 0.627. The largest absolute Gasteiger partial charge is 0.472 e. The molecule has 0 aromatic carbocycles. The van der Waals surface area contributed by atoms with Gasteiger partial charge in [0.1, 0.15) is 5.60 Å². The fraction of sp³-hybridized carbons (Fsp3) is 0.615. The SMILES string of the molecule is CC(C)(C)Oc1ccc(Cl)c(CNC2CC2)n1. The van der Waals surface area contributed by atoms with E-state index in [0.29, 0.717) is 23.5 Å². The van der Waals surface area contributed by atoms with Crippen LogP contribution in [-0.2, 0) is 6.54 Å². The summed E-state index contributed by atoms with van der Waals surface area (Å²) >= 11 is 6.11. The summed E-state index contributed by atoms with van der Waals surface area (Å²) in [4.78, 5) is 4.44. The molecule has 1 N–H and O–H groups in total. The van der Waals surface area contributed by atoms with E-state index in [-0.39, 0.29) is 5.60 Å². The highest BCUT2D eigenvalue weighted by molar-refractivity contribution is 6.31. The molecule has 1 aromatic rings. The summed E-state index contributed by atoms with van der Waals surface area (Å²) in [6, 6.07) is 4.31. The first-order valence-electron chi connectivity index (χ1n) is 6.02. The van der Waals surface area contributed by atoms with E-state index >= 15 is 0 Å². The Labute approximate surface area is 108 Å². The van der Waals surface area contributed by atoms with Crippen LogP contribution in [0.3, 0.4) is 0 Å². The number of rotatable bonds is 4. The second-order valence-corrected chi connectivity index (χ2v) is 5.85. The zero-order valence-corrected chi connectivity index (χ0v) is 11.3. The molecule has 0 saturated heterocycles. The van der Waals surface area contributed by atoms with Gasteiger partial charge in [0.25, 0.3) is 0 Å². The van der Waals surface area contributed by atoms with Gasteiger partial charge >= 0.3 is 0 Å². The zero-order chi connectivity index (χ0) is 12.5. The first kappa shape index (κ1) is 12.7. The minimum absolute atomic E-state index is 0.234. The second kappa shape index (κ2) is 4.83. The number of aromatic nitrogens is 1. The number of nitrogens with one attached hydrogen (secondary N) is 1. The molecule has 1 fully saturated rings. The normalized spacial score (nSPS) is 16.0. The molecular formula is C13H19ClN2O. The van der Waals surface area contributed by atoms with Crippen molar-refractivity contribution in [3.8, 4) is 5.88 Å². The van der Waals surface area contributed by atoms with Crippen molar-refractivity contribution in [2.24, 2.45) is 0 Å². The van der Waals surface area contributed by atoms with E-state index in [1.165, 1.54) is 12.8 Å². The smallest absolute Gasteiger partial charge is 0.214 e. The van der Waals surface area contributed by atoms with E-state index in [1.54, 1.807) is 0 Å². The maximum Gasteiger partial charge on any atom is 0.214 e. The fourth-order valence-corrected chi connectivity index (χ4v) is 1.66.